The number of hydrogen-bond acceptors (Lipinski definition) is 5. The molecule has 0 aliphatic heterocycles. The van der Waals surface area contributed by atoms with Crippen molar-refractivity contribution in [2.45, 2.75) is 57.1 Å². The average Bonchev–Trinajstić information content (AvgIpc) is 3.02. The lowest BCUT2D eigenvalue weighted by molar-refractivity contribution is -0.140. The quantitative estimate of drug-likeness (QED) is 0.216. The number of benzene rings is 4. The summed E-state index contributed by atoms with van der Waals surface area (Å²) < 4.78 is 34.5. The van der Waals surface area contributed by atoms with Crippen molar-refractivity contribution in [3.63, 3.8) is 0 Å². The molecule has 4 rings (SSSR count). The van der Waals surface area contributed by atoms with Crippen LogP contribution in [0.25, 0.3) is 0 Å². The van der Waals surface area contributed by atoms with E-state index in [4.69, 9.17) is 4.74 Å². The third-order valence-corrected chi connectivity index (χ3v) is 9.00. The van der Waals surface area contributed by atoms with Crippen LogP contribution in [0.2, 0.25) is 0 Å². The lowest BCUT2D eigenvalue weighted by Gasteiger charge is -2.35. The molecular weight excluding hydrogens is 586 g/mol. The standard InChI is InChI=1S/C36H41N3O5S/c1-27-16-18-29(19-17-27)25-38(33(35(41)37-36(2,3)4)24-28-12-8-6-9-13-28)34(40)26-39(30-20-22-31(44-5)23-21-30)45(42,43)32-14-10-7-11-15-32/h6-23,33H,24-26H2,1-5H3,(H,37,41). The number of anilines is 1. The molecule has 8 nitrogen and oxygen atoms in total. The molecule has 45 heavy (non-hydrogen) atoms. The zero-order valence-electron chi connectivity index (χ0n) is 26.4. The van der Waals surface area contributed by atoms with Crippen LogP contribution >= 0.6 is 0 Å². The maximum atomic E-state index is 14.5. The third kappa shape index (κ3) is 8.95. The first-order valence-electron chi connectivity index (χ1n) is 14.8. The smallest absolute Gasteiger partial charge is 0.264 e. The second kappa shape index (κ2) is 14.4. The minimum Gasteiger partial charge on any atom is -0.497 e. The average molecular weight is 628 g/mol. The van der Waals surface area contributed by atoms with Crippen LogP contribution in [-0.2, 0) is 32.6 Å². The molecule has 1 N–H and O–H groups in total. The van der Waals surface area contributed by atoms with E-state index >= 15 is 0 Å². The lowest BCUT2D eigenvalue weighted by Crippen LogP contribution is -2.56. The number of nitrogens with zero attached hydrogens (tertiary/aromatic N) is 2. The first kappa shape index (κ1) is 33.3. The first-order valence-corrected chi connectivity index (χ1v) is 16.2. The number of carbonyl (C=O) groups is 2. The molecule has 0 aliphatic carbocycles. The summed E-state index contributed by atoms with van der Waals surface area (Å²) in [7, 11) is -2.65. The van der Waals surface area contributed by atoms with Gasteiger partial charge in [-0.3, -0.25) is 13.9 Å². The fraction of sp³-hybridized carbons (Fsp3) is 0.278. The maximum absolute atomic E-state index is 14.5. The van der Waals surface area contributed by atoms with Crippen molar-refractivity contribution in [3.05, 3.63) is 126 Å². The van der Waals surface area contributed by atoms with Crippen LogP contribution in [0.4, 0.5) is 5.69 Å². The number of rotatable bonds is 12. The Balaban J connectivity index is 1.81. The van der Waals surface area contributed by atoms with Crippen LogP contribution in [0, 0.1) is 6.92 Å². The molecule has 9 heteroatoms. The summed E-state index contributed by atoms with van der Waals surface area (Å²) in [6.07, 6.45) is 0.244. The summed E-state index contributed by atoms with van der Waals surface area (Å²) in [6.45, 7) is 7.21. The summed E-state index contributed by atoms with van der Waals surface area (Å²) in [6, 6.07) is 30.8. The molecule has 0 heterocycles. The molecule has 0 fully saturated rings. The van der Waals surface area contributed by atoms with Gasteiger partial charge in [-0.1, -0.05) is 78.4 Å². The number of carbonyl (C=O) groups excluding carboxylic acids is 2. The van der Waals surface area contributed by atoms with Gasteiger partial charge in [0.1, 0.15) is 18.3 Å². The normalized spacial score (nSPS) is 12.2. The van der Waals surface area contributed by atoms with E-state index in [-0.39, 0.29) is 23.8 Å². The topological polar surface area (TPSA) is 96.0 Å². The van der Waals surface area contributed by atoms with Gasteiger partial charge in [0.25, 0.3) is 10.0 Å². The first-order chi connectivity index (χ1) is 21.4. The predicted molar refractivity (Wildman–Crippen MR) is 178 cm³/mol. The van der Waals surface area contributed by atoms with Crippen molar-refractivity contribution >= 4 is 27.5 Å². The molecule has 0 saturated carbocycles. The molecule has 236 valence electrons. The Morgan fingerprint density at radius 2 is 1.38 bits per heavy atom. The Kier molecular flexibility index (Phi) is 10.7. The number of hydrogen-bond donors (Lipinski definition) is 1. The second-order valence-corrected chi connectivity index (χ2v) is 13.8. The van der Waals surface area contributed by atoms with Crippen LogP contribution in [0.15, 0.2) is 114 Å². The molecule has 0 spiro atoms. The molecule has 4 aromatic rings. The predicted octanol–water partition coefficient (Wildman–Crippen LogP) is 5.75. The lowest BCUT2D eigenvalue weighted by atomic mass is 10.0. The highest BCUT2D eigenvalue weighted by molar-refractivity contribution is 7.92. The highest BCUT2D eigenvalue weighted by Gasteiger charge is 2.35. The SMILES string of the molecule is COc1ccc(N(CC(=O)N(Cc2ccc(C)cc2)C(Cc2ccccc2)C(=O)NC(C)(C)C)S(=O)(=O)c2ccccc2)cc1. The molecule has 0 aliphatic rings. The minimum absolute atomic E-state index is 0.0463. The number of sulfonamides is 1. The van der Waals surface area contributed by atoms with Crippen LogP contribution in [0.5, 0.6) is 5.75 Å². The molecule has 2 amide bonds. The highest BCUT2D eigenvalue weighted by Crippen LogP contribution is 2.27. The Morgan fingerprint density at radius 1 is 0.800 bits per heavy atom. The van der Waals surface area contributed by atoms with E-state index in [1.165, 1.54) is 24.1 Å². The highest BCUT2D eigenvalue weighted by atomic mass is 32.2. The van der Waals surface area contributed by atoms with E-state index in [2.05, 4.69) is 5.32 Å². The van der Waals surface area contributed by atoms with Gasteiger partial charge in [0, 0.05) is 18.5 Å². The van der Waals surface area contributed by atoms with Crippen molar-refractivity contribution < 1.29 is 22.7 Å². The molecule has 4 aromatic carbocycles. The van der Waals surface area contributed by atoms with Gasteiger partial charge in [0.15, 0.2) is 0 Å². The van der Waals surface area contributed by atoms with Gasteiger partial charge in [-0.05, 0) is 75.2 Å². The number of aryl methyl sites for hydroxylation is 1. The van der Waals surface area contributed by atoms with E-state index in [9.17, 15) is 18.0 Å². The van der Waals surface area contributed by atoms with Crippen molar-refractivity contribution in [3.8, 4) is 5.75 Å². The monoisotopic (exact) mass is 627 g/mol. The third-order valence-electron chi connectivity index (χ3n) is 7.21. The van der Waals surface area contributed by atoms with Crippen LogP contribution in [-0.4, -0.2) is 50.4 Å². The Bertz CT molecular complexity index is 1670. The largest absolute Gasteiger partial charge is 0.497 e. The van der Waals surface area contributed by atoms with E-state index in [1.54, 1.807) is 42.5 Å². The zero-order chi connectivity index (χ0) is 32.6. The maximum Gasteiger partial charge on any atom is 0.264 e. The molecular formula is C36H41N3O5S. The molecule has 0 radical (unpaired) electrons. The van der Waals surface area contributed by atoms with Crippen molar-refractivity contribution in [1.82, 2.24) is 10.2 Å². The van der Waals surface area contributed by atoms with E-state index in [1.807, 2.05) is 82.3 Å². The number of methoxy groups -OCH3 is 1. The molecule has 1 atom stereocenters. The van der Waals surface area contributed by atoms with Gasteiger partial charge >= 0.3 is 0 Å². The summed E-state index contributed by atoms with van der Waals surface area (Å²) in [5, 5.41) is 3.04. The van der Waals surface area contributed by atoms with Gasteiger partial charge in [0.05, 0.1) is 17.7 Å². The van der Waals surface area contributed by atoms with Gasteiger partial charge in [-0.15, -0.1) is 0 Å². The van der Waals surface area contributed by atoms with E-state index in [0.717, 1.165) is 21.0 Å². The van der Waals surface area contributed by atoms with E-state index < -0.39 is 34.1 Å². The number of nitrogens with one attached hydrogen (secondary N) is 1. The zero-order valence-corrected chi connectivity index (χ0v) is 27.3. The van der Waals surface area contributed by atoms with Gasteiger partial charge in [-0.25, -0.2) is 8.42 Å². The van der Waals surface area contributed by atoms with Crippen LogP contribution in [0.3, 0.4) is 0 Å². The van der Waals surface area contributed by atoms with Gasteiger partial charge in [0.2, 0.25) is 11.8 Å². The fourth-order valence-electron chi connectivity index (χ4n) is 4.89. The van der Waals surface area contributed by atoms with Crippen molar-refractivity contribution in [1.29, 1.82) is 0 Å². The molecule has 1 unspecified atom stereocenters. The van der Waals surface area contributed by atoms with Crippen LogP contribution < -0.4 is 14.4 Å². The summed E-state index contributed by atoms with van der Waals surface area (Å²) in [5.41, 5.74) is 2.48. The second-order valence-electron chi connectivity index (χ2n) is 12.0. The minimum atomic E-state index is -4.17. The summed E-state index contributed by atoms with van der Waals surface area (Å²) in [5.74, 6) is -0.297. The van der Waals surface area contributed by atoms with Gasteiger partial charge < -0.3 is 15.0 Å². The molecule has 0 aromatic heterocycles. The van der Waals surface area contributed by atoms with Crippen molar-refractivity contribution in [2.75, 3.05) is 18.0 Å². The van der Waals surface area contributed by atoms with Gasteiger partial charge in [-0.2, -0.15) is 0 Å². The Hall–Kier alpha value is -4.63. The summed E-state index contributed by atoms with van der Waals surface area (Å²) >= 11 is 0. The number of ether oxygens (including phenoxy) is 1. The number of amides is 2. The summed E-state index contributed by atoms with van der Waals surface area (Å²) in [4.78, 5) is 30.0. The fourth-order valence-corrected chi connectivity index (χ4v) is 6.33. The molecule has 0 saturated heterocycles. The van der Waals surface area contributed by atoms with E-state index in [0.29, 0.717) is 11.4 Å². The Labute approximate surface area is 266 Å². The molecule has 0 bridgehead atoms. The van der Waals surface area contributed by atoms with Crippen molar-refractivity contribution in [2.24, 2.45) is 0 Å². The van der Waals surface area contributed by atoms with Crippen LogP contribution in [0.1, 0.15) is 37.5 Å². The Morgan fingerprint density at radius 3 is 1.93 bits per heavy atom.